The van der Waals surface area contributed by atoms with E-state index < -0.39 is 0 Å². The van der Waals surface area contributed by atoms with E-state index >= 15 is 0 Å². The topological polar surface area (TPSA) is 80.9 Å². The van der Waals surface area contributed by atoms with Gasteiger partial charge >= 0.3 is 0 Å². The van der Waals surface area contributed by atoms with Crippen LogP contribution in [0.2, 0.25) is 0 Å². The zero-order valence-corrected chi connectivity index (χ0v) is 12.0. The van der Waals surface area contributed by atoms with Crippen molar-refractivity contribution in [3.8, 4) is 0 Å². The van der Waals surface area contributed by atoms with Crippen LogP contribution in [0.25, 0.3) is 16.9 Å². The Kier molecular flexibility index (Phi) is 3.04. The summed E-state index contributed by atoms with van der Waals surface area (Å²) in [7, 11) is 0. The lowest BCUT2D eigenvalue weighted by molar-refractivity contribution is 0.659. The van der Waals surface area contributed by atoms with Crippen molar-refractivity contribution >= 4 is 16.9 Å². The van der Waals surface area contributed by atoms with Gasteiger partial charge in [0.1, 0.15) is 5.82 Å². The minimum atomic E-state index is -0.0726. The number of aromatic amines is 1. The molecule has 0 aliphatic carbocycles. The van der Waals surface area contributed by atoms with Crippen molar-refractivity contribution < 1.29 is 0 Å². The molecule has 0 saturated carbocycles. The van der Waals surface area contributed by atoms with E-state index in [1.54, 1.807) is 9.08 Å². The van der Waals surface area contributed by atoms with Gasteiger partial charge in [-0.15, -0.1) is 5.10 Å². The molecule has 0 radical (unpaired) electrons. The van der Waals surface area contributed by atoms with Crippen molar-refractivity contribution in [2.45, 2.75) is 46.6 Å². The number of hydrogen-bond donors (Lipinski definition) is 1. The lowest BCUT2D eigenvalue weighted by Gasteiger charge is -2.04. The summed E-state index contributed by atoms with van der Waals surface area (Å²) < 4.78 is 3.35. The highest BCUT2D eigenvalue weighted by molar-refractivity contribution is 5.72. The number of nitrogens with one attached hydrogen (secondary N) is 1. The summed E-state index contributed by atoms with van der Waals surface area (Å²) in [5, 5.41) is 4.45. The van der Waals surface area contributed by atoms with Crippen molar-refractivity contribution in [1.82, 2.24) is 29.1 Å². The highest BCUT2D eigenvalue weighted by atomic mass is 16.1. The average molecular weight is 274 g/mol. The fourth-order valence-corrected chi connectivity index (χ4v) is 2.34. The van der Waals surface area contributed by atoms with Crippen molar-refractivity contribution in [2.75, 3.05) is 0 Å². The molecule has 1 N–H and O–H groups in total. The molecule has 0 unspecified atom stereocenters. The first-order chi connectivity index (χ1) is 9.69. The van der Waals surface area contributed by atoms with Gasteiger partial charge in [-0.3, -0.25) is 9.36 Å². The van der Waals surface area contributed by atoms with E-state index in [2.05, 4.69) is 20.1 Å². The van der Waals surface area contributed by atoms with Gasteiger partial charge in [-0.25, -0.2) is 4.98 Å². The quantitative estimate of drug-likeness (QED) is 0.777. The molecule has 0 spiro atoms. The summed E-state index contributed by atoms with van der Waals surface area (Å²) in [5.41, 5.74) is 1.01. The van der Waals surface area contributed by atoms with Gasteiger partial charge in [0.15, 0.2) is 17.0 Å². The van der Waals surface area contributed by atoms with Gasteiger partial charge in [0.05, 0.1) is 0 Å². The molecule has 3 heterocycles. The van der Waals surface area contributed by atoms with Crippen LogP contribution in [0, 0.1) is 0 Å². The Labute approximate surface area is 115 Å². The Hall–Kier alpha value is -2.18. The summed E-state index contributed by atoms with van der Waals surface area (Å²) in [6.07, 6.45) is 2.34. The molecule has 0 fully saturated rings. The molecule has 7 heteroatoms. The Balaban J connectivity index is 2.46. The first kappa shape index (κ1) is 12.8. The third-order valence-corrected chi connectivity index (χ3v) is 3.37. The monoisotopic (exact) mass is 274 g/mol. The molecule has 0 saturated heterocycles. The van der Waals surface area contributed by atoms with Gasteiger partial charge < -0.3 is 4.98 Å². The van der Waals surface area contributed by atoms with E-state index in [4.69, 9.17) is 0 Å². The van der Waals surface area contributed by atoms with Crippen molar-refractivity contribution in [1.29, 1.82) is 0 Å². The molecule has 0 aliphatic heterocycles. The lowest BCUT2D eigenvalue weighted by Crippen LogP contribution is -2.23. The normalized spacial score (nSPS) is 11.8. The molecule has 0 amide bonds. The third kappa shape index (κ3) is 1.73. The molecular weight excluding hydrogens is 256 g/mol. The Morgan fingerprint density at radius 1 is 1.15 bits per heavy atom. The van der Waals surface area contributed by atoms with Crippen LogP contribution >= 0.6 is 0 Å². The average Bonchev–Trinajstić information content (AvgIpc) is 3.06. The SMILES string of the molecule is CCCn1c(=O)c2[nH]c(CC)nc2n2nc(CC)nc12. The summed E-state index contributed by atoms with van der Waals surface area (Å²) in [6, 6.07) is 0. The molecule has 0 aliphatic rings. The van der Waals surface area contributed by atoms with Crippen LogP contribution in [0.15, 0.2) is 4.79 Å². The molecule has 0 bridgehead atoms. The maximum Gasteiger partial charge on any atom is 0.281 e. The van der Waals surface area contributed by atoms with E-state index in [0.29, 0.717) is 23.5 Å². The van der Waals surface area contributed by atoms with E-state index in [1.807, 2.05) is 20.8 Å². The van der Waals surface area contributed by atoms with Crippen molar-refractivity contribution in [3.63, 3.8) is 0 Å². The fraction of sp³-hybridized carbons (Fsp3) is 0.538. The molecular formula is C13H18N6O. The lowest BCUT2D eigenvalue weighted by atomic mass is 10.4. The molecule has 3 aromatic rings. The Morgan fingerprint density at radius 3 is 2.60 bits per heavy atom. The van der Waals surface area contributed by atoms with Crippen LogP contribution in [0.1, 0.15) is 38.8 Å². The molecule has 7 nitrogen and oxygen atoms in total. The summed E-state index contributed by atoms with van der Waals surface area (Å²) in [4.78, 5) is 24.6. The van der Waals surface area contributed by atoms with Crippen LogP contribution in [0.3, 0.4) is 0 Å². The second-order valence-electron chi connectivity index (χ2n) is 4.79. The van der Waals surface area contributed by atoms with Crippen LogP contribution in [-0.4, -0.2) is 29.1 Å². The van der Waals surface area contributed by atoms with Crippen LogP contribution in [0.5, 0.6) is 0 Å². The van der Waals surface area contributed by atoms with Gasteiger partial charge in [0.25, 0.3) is 5.56 Å². The number of rotatable bonds is 4. The van der Waals surface area contributed by atoms with Crippen LogP contribution < -0.4 is 5.56 Å². The van der Waals surface area contributed by atoms with E-state index in [-0.39, 0.29) is 5.56 Å². The second-order valence-corrected chi connectivity index (χ2v) is 4.79. The number of hydrogen-bond acceptors (Lipinski definition) is 4. The minimum Gasteiger partial charge on any atom is -0.336 e. The van der Waals surface area contributed by atoms with Crippen molar-refractivity contribution in [2.24, 2.45) is 0 Å². The summed E-state index contributed by atoms with van der Waals surface area (Å²) in [6.45, 7) is 6.66. The number of H-pyrrole nitrogens is 1. The maximum atomic E-state index is 12.6. The van der Waals surface area contributed by atoms with Gasteiger partial charge in [0, 0.05) is 19.4 Å². The van der Waals surface area contributed by atoms with Crippen LogP contribution in [-0.2, 0) is 19.4 Å². The smallest absolute Gasteiger partial charge is 0.281 e. The van der Waals surface area contributed by atoms with E-state index in [1.165, 1.54) is 0 Å². The molecule has 0 aromatic carbocycles. The van der Waals surface area contributed by atoms with Crippen molar-refractivity contribution in [3.05, 3.63) is 22.0 Å². The van der Waals surface area contributed by atoms with Gasteiger partial charge in [-0.2, -0.15) is 9.50 Å². The highest BCUT2D eigenvalue weighted by Crippen LogP contribution is 2.11. The predicted molar refractivity (Wildman–Crippen MR) is 75.9 cm³/mol. The molecule has 106 valence electrons. The van der Waals surface area contributed by atoms with E-state index in [0.717, 1.165) is 30.9 Å². The highest BCUT2D eigenvalue weighted by Gasteiger charge is 2.17. The van der Waals surface area contributed by atoms with Crippen LogP contribution in [0.4, 0.5) is 0 Å². The van der Waals surface area contributed by atoms with E-state index in [9.17, 15) is 4.79 Å². The first-order valence-corrected chi connectivity index (χ1v) is 7.06. The molecule has 3 aromatic heterocycles. The number of nitrogens with zero attached hydrogens (tertiary/aromatic N) is 5. The molecule has 20 heavy (non-hydrogen) atoms. The number of imidazole rings is 1. The van der Waals surface area contributed by atoms with Gasteiger partial charge in [-0.1, -0.05) is 20.8 Å². The number of fused-ring (bicyclic) bond motifs is 3. The standard InChI is InChI=1S/C13H18N6O/c1-4-7-18-12(20)10-11(15-8(5-2)14-10)19-13(18)16-9(6-3)17-19/h4-7H2,1-3H3,(H,14,15). The number of aromatic nitrogens is 6. The fourth-order valence-electron chi connectivity index (χ4n) is 2.34. The molecule has 3 rings (SSSR count). The largest absolute Gasteiger partial charge is 0.336 e. The zero-order chi connectivity index (χ0) is 14.3. The van der Waals surface area contributed by atoms with Gasteiger partial charge in [-0.05, 0) is 6.42 Å². The Morgan fingerprint density at radius 2 is 1.95 bits per heavy atom. The summed E-state index contributed by atoms with van der Waals surface area (Å²) >= 11 is 0. The first-order valence-electron chi connectivity index (χ1n) is 7.06. The predicted octanol–water partition coefficient (Wildman–Crippen LogP) is 1.30. The zero-order valence-electron chi connectivity index (χ0n) is 12.0. The Bertz CT molecular complexity index is 825. The van der Waals surface area contributed by atoms with Gasteiger partial charge in [0.2, 0.25) is 5.78 Å². The third-order valence-electron chi connectivity index (χ3n) is 3.37. The second kappa shape index (κ2) is 4.73. The number of aryl methyl sites for hydroxylation is 3. The maximum absolute atomic E-state index is 12.6. The molecule has 0 atom stereocenters. The minimum absolute atomic E-state index is 0.0726. The summed E-state index contributed by atoms with van der Waals surface area (Å²) in [5.74, 6) is 2.10.